The third kappa shape index (κ3) is 3.97. The van der Waals surface area contributed by atoms with Gasteiger partial charge >= 0.3 is 5.69 Å². The number of nitrogens with zero attached hydrogens (tertiary/aromatic N) is 1. The van der Waals surface area contributed by atoms with Crippen LogP contribution in [0.5, 0.6) is 0 Å². The van der Waals surface area contributed by atoms with E-state index in [9.17, 15) is 14.4 Å². The first kappa shape index (κ1) is 15.3. The van der Waals surface area contributed by atoms with E-state index in [1.165, 1.54) is 0 Å². The molecule has 1 aliphatic carbocycles. The summed E-state index contributed by atoms with van der Waals surface area (Å²) in [7, 11) is 0. The number of rotatable bonds is 5. The minimum atomic E-state index is -0.348. The Morgan fingerprint density at radius 2 is 1.87 bits per heavy atom. The van der Waals surface area contributed by atoms with E-state index in [1.54, 1.807) is 12.1 Å². The molecule has 23 heavy (non-hydrogen) atoms. The summed E-state index contributed by atoms with van der Waals surface area (Å²) in [5.41, 5.74) is 0.607. The lowest BCUT2D eigenvalue weighted by atomic mass is 10.2. The maximum atomic E-state index is 11.9. The Balaban J connectivity index is 1.49. The standard InChI is InChI=1S/C15H19N5O3/c21-12(16-9-3-1-2-4-9)7-8-13(22)18-11-6-5-10-14(19-11)20-15(23)17-10/h5-6,9H,1-4,7-8H2,(H,16,21)(H3,17,18,19,20,22,23). The second kappa shape index (κ2) is 6.64. The molecule has 0 radical (unpaired) electrons. The van der Waals surface area contributed by atoms with Gasteiger partial charge in [0.05, 0.1) is 5.52 Å². The number of pyridine rings is 1. The Kier molecular flexibility index (Phi) is 4.40. The molecule has 3 rings (SSSR count). The van der Waals surface area contributed by atoms with Gasteiger partial charge in [0.25, 0.3) is 0 Å². The molecule has 0 bridgehead atoms. The van der Waals surface area contributed by atoms with Crippen LogP contribution < -0.4 is 16.3 Å². The maximum absolute atomic E-state index is 11.9. The topological polar surface area (TPSA) is 120 Å². The lowest BCUT2D eigenvalue weighted by Crippen LogP contribution is -2.33. The van der Waals surface area contributed by atoms with E-state index in [0.29, 0.717) is 17.0 Å². The molecular weight excluding hydrogens is 298 g/mol. The van der Waals surface area contributed by atoms with Crippen molar-refractivity contribution in [1.82, 2.24) is 20.3 Å². The second-order valence-electron chi connectivity index (χ2n) is 5.77. The number of H-pyrrole nitrogens is 2. The average Bonchev–Trinajstić information content (AvgIpc) is 3.13. The van der Waals surface area contributed by atoms with Crippen molar-refractivity contribution in [3.05, 3.63) is 22.6 Å². The molecule has 122 valence electrons. The molecule has 2 aromatic rings. The minimum absolute atomic E-state index is 0.0922. The van der Waals surface area contributed by atoms with Gasteiger partial charge in [0.15, 0.2) is 5.65 Å². The summed E-state index contributed by atoms with van der Waals surface area (Å²) in [6, 6.07) is 3.52. The number of carbonyl (C=O) groups is 2. The molecule has 2 aromatic heterocycles. The summed E-state index contributed by atoms with van der Waals surface area (Å²) in [5, 5.41) is 5.57. The molecule has 1 aliphatic rings. The fourth-order valence-electron chi connectivity index (χ4n) is 2.79. The molecule has 8 nitrogen and oxygen atoms in total. The smallest absolute Gasteiger partial charge is 0.325 e. The number of aromatic amines is 2. The van der Waals surface area contributed by atoms with Crippen molar-refractivity contribution < 1.29 is 9.59 Å². The van der Waals surface area contributed by atoms with Gasteiger partial charge in [0.1, 0.15) is 5.82 Å². The zero-order valence-electron chi connectivity index (χ0n) is 12.6. The number of hydrogen-bond acceptors (Lipinski definition) is 4. The molecule has 2 amide bonds. The Labute approximate surface area is 132 Å². The van der Waals surface area contributed by atoms with Crippen molar-refractivity contribution in [1.29, 1.82) is 0 Å². The van der Waals surface area contributed by atoms with E-state index in [2.05, 4.69) is 25.6 Å². The first-order chi connectivity index (χ1) is 11.1. The molecule has 2 heterocycles. The van der Waals surface area contributed by atoms with E-state index in [1.807, 2.05) is 0 Å². The fraction of sp³-hybridized carbons (Fsp3) is 0.467. The zero-order valence-corrected chi connectivity index (χ0v) is 12.6. The van der Waals surface area contributed by atoms with Crippen LogP contribution in [0, 0.1) is 0 Å². The third-order valence-corrected chi connectivity index (χ3v) is 3.94. The van der Waals surface area contributed by atoms with Crippen molar-refractivity contribution >= 4 is 28.8 Å². The van der Waals surface area contributed by atoms with Gasteiger partial charge in [-0.1, -0.05) is 12.8 Å². The van der Waals surface area contributed by atoms with Crippen LogP contribution in [0.15, 0.2) is 16.9 Å². The molecule has 8 heteroatoms. The first-order valence-electron chi connectivity index (χ1n) is 7.78. The number of fused-ring (bicyclic) bond motifs is 1. The highest BCUT2D eigenvalue weighted by atomic mass is 16.2. The highest BCUT2D eigenvalue weighted by Crippen LogP contribution is 2.17. The Bertz CT molecular complexity index is 773. The van der Waals surface area contributed by atoms with Crippen LogP contribution in [0.3, 0.4) is 0 Å². The molecular formula is C15H19N5O3. The SMILES string of the molecule is O=C(CCC(=O)NC1CCCC1)Nc1ccc2[nH]c(=O)[nH]c2n1. The van der Waals surface area contributed by atoms with Crippen LogP contribution in [0.25, 0.3) is 11.2 Å². The van der Waals surface area contributed by atoms with Gasteiger partial charge in [0.2, 0.25) is 11.8 Å². The highest BCUT2D eigenvalue weighted by molar-refractivity contribution is 5.93. The van der Waals surface area contributed by atoms with Crippen molar-refractivity contribution in [3.63, 3.8) is 0 Å². The van der Waals surface area contributed by atoms with E-state index in [4.69, 9.17) is 0 Å². The Morgan fingerprint density at radius 1 is 1.13 bits per heavy atom. The molecule has 0 atom stereocenters. The molecule has 0 aromatic carbocycles. The quantitative estimate of drug-likeness (QED) is 0.658. The van der Waals surface area contributed by atoms with Gasteiger partial charge in [0, 0.05) is 18.9 Å². The monoisotopic (exact) mass is 317 g/mol. The van der Waals surface area contributed by atoms with Crippen molar-refractivity contribution in [2.75, 3.05) is 5.32 Å². The van der Waals surface area contributed by atoms with Gasteiger partial charge in [-0.2, -0.15) is 0 Å². The normalized spacial score (nSPS) is 15.0. The molecule has 1 fully saturated rings. The van der Waals surface area contributed by atoms with Crippen LogP contribution in [-0.2, 0) is 9.59 Å². The van der Waals surface area contributed by atoms with Crippen LogP contribution in [0.4, 0.5) is 5.82 Å². The molecule has 0 aliphatic heterocycles. The Hall–Kier alpha value is -2.64. The van der Waals surface area contributed by atoms with Gasteiger partial charge < -0.3 is 15.6 Å². The summed E-state index contributed by atoms with van der Waals surface area (Å²) in [4.78, 5) is 44.1. The fourth-order valence-corrected chi connectivity index (χ4v) is 2.79. The number of imidazole rings is 1. The summed E-state index contributed by atoms with van der Waals surface area (Å²) in [6.07, 6.45) is 4.61. The number of amides is 2. The van der Waals surface area contributed by atoms with E-state index >= 15 is 0 Å². The molecule has 0 unspecified atom stereocenters. The third-order valence-electron chi connectivity index (χ3n) is 3.94. The Morgan fingerprint density at radius 3 is 2.65 bits per heavy atom. The number of aromatic nitrogens is 3. The van der Waals surface area contributed by atoms with E-state index in [0.717, 1.165) is 25.7 Å². The number of anilines is 1. The van der Waals surface area contributed by atoms with Gasteiger partial charge in [-0.25, -0.2) is 9.78 Å². The summed E-state index contributed by atoms with van der Waals surface area (Å²) in [6.45, 7) is 0. The predicted octanol–water partition coefficient (Wildman–Crippen LogP) is 1.03. The summed E-state index contributed by atoms with van der Waals surface area (Å²) in [5.74, 6) is -0.0318. The molecule has 1 saturated carbocycles. The largest absolute Gasteiger partial charge is 0.353 e. The maximum Gasteiger partial charge on any atom is 0.325 e. The number of carbonyl (C=O) groups excluding carboxylic acids is 2. The molecule has 0 spiro atoms. The van der Waals surface area contributed by atoms with Crippen molar-refractivity contribution in [2.45, 2.75) is 44.6 Å². The second-order valence-corrected chi connectivity index (χ2v) is 5.77. The van der Waals surface area contributed by atoms with Crippen LogP contribution in [0.1, 0.15) is 38.5 Å². The van der Waals surface area contributed by atoms with Gasteiger partial charge in [-0.3, -0.25) is 14.6 Å². The van der Waals surface area contributed by atoms with Gasteiger partial charge in [-0.05, 0) is 25.0 Å². The van der Waals surface area contributed by atoms with Crippen molar-refractivity contribution in [2.24, 2.45) is 0 Å². The van der Waals surface area contributed by atoms with E-state index < -0.39 is 0 Å². The average molecular weight is 317 g/mol. The zero-order chi connectivity index (χ0) is 16.2. The number of hydrogen-bond donors (Lipinski definition) is 4. The summed E-state index contributed by atoms with van der Waals surface area (Å²) >= 11 is 0. The molecule has 0 saturated heterocycles. The molecule has 4 N–H and O–H groups in total. The first-order valence-corrected chi connectivity index (χ1v) is 7.78. The van der Waals surface area contributed by atoms with Crippen molar-refractivity contribution in [3.8, 4) is 0 Å². The lowest BCUT2D eigenvalue weighted by molar-refractivity contribution is -0.124. The predicted molar refractivity (Wildman–Crippen MR) is 85.0 cm³/mol. The van der Waals surface area contributed by atoms with Crippen LogP contribution in [-0.4, -0.2) is 32.8 Å². The van der Waals surface area contributed by atoms with Crippen LogP contribution >= 0.6 is 0 Å². The minimum Gasteiger partial charge on any atom is -0.353 e. The van der Waals surface area contributed by atoms with Crippen LogP contribution in [0.2, 0.25) is 0 Å². The van der Waals surface area contributed by atoms with Gasteiger partial charge in [-0.15, -0.1) is 0 Å². The lowest BCUT2D eigenvalue weighted by Gasteiger charge is -2.11. The highest BCUT2D eigenvalue weighted by Gasteiger charge is 2.17. The number of nitrogens with one attached hydrogen (secondary N) is 4. The summed E-state index contributed by atoms with van der Waals surface area (Å²) < 4.78 is 0. The van der Waals surface area contributed by atoms with E-state index in [-0.39, 0.29) is 36.4 Å².